The zero-order chi connectivity index (χ0) is 12.8. The maximum Gasteiger partial charge on any atom is 0.239 e. The average molecular weight is 239 g/mol. The molecule has 1 aliphatic heterocycles. The maximum atomic E-state index is 12.0. The summed E-state index contributed by atoms with van der Waals surface area (Å²) in [5.74, 6) is 0.0185. The van der Waals surface area contributed by atoms with E-state index >= 15 is 0 Å². The Bertz CT molecular complexity index is 304. The third-order valence-electron chi connectivity index (χ3n) is 2.99. The lowest BCUT2D eigenvalue weighted by Gasteiger charge is -2.23. The van der Waals surface area contributed by atoms with E-state index in [0.717, 1.165) is 13.0 Å². The van der Waals surface area contributed by atoms with Gasteiger partial charge in [-0.1, -0.05) is 6.08 Å². The molecule has 0 bridgehead atoms. The number of hydrogen-bond acceptors (Lipinski definition) is 3. The highest BCUT2D eigenvalue weighted by atomic mass is 16.2. The summed E-state index contributed by atoms with van der Waals surface area (Å²) in [6.07, 6.45) is 2.96. The van der Waals surface area contributed by atoms with Gasteiger partial charge in [0.2, 0.25) is 11.8 Å². The monoisotopic (exact) mass is 239 g/mol. The Morgan fingerprint density at radius 1 is 1.29 bits per heavy atom. The molecule has 1 rings (SSSR count). The van der Waals surface area contributed by atoms with Crippen LogP contribution in [0, 0.1) is 0 Å². The molecule has 1 aliphatic rings. The molecule has 1 unspecified atom stereocenters. The van der Waals surface area contributed by atoms with Crippen molar-refractivity contribution in [1.29, 1.82) is 0 Å². The predicted molar refractivity (Wildman–Crippen MR) is 66.2 cm³/mol. The van der Waals surface area contributed by atoms with Crippen LogP contribution in [-0.2, 0) is 9.59 Å². The van der Waals surface area contributed by atoms with E-state index in [1.54, 1.807) is 22.8 Å². The minimum absolute atomic E-state index is 0.0460. The highest BCUT2D eigenvalue weighted by Crippen LogP contribution is 2.06. The minimum atomic E-state index is -0.503. The van der Waals surface area contributed by atoms with Gasteiger partial charge in [-0.3, -0.25) is 9.59 Å². The van der Waals surface area contributed by atoms with E-state index in [1.807, 2.05) is 0 Å². The van der Waals surface area contributed by atoms with Crippen LogP contribution in [0.1, 0.15) is 19.8 Å². The van der Waals surface area contributed by atoms with Crippen molar-refractivity contribution in [3.05, 3.63) is 12.7 Å². The number of rotatable bonds is 3. The molecule has 5 heteroatoms. The zero-order valence-electron chi connectivity index (χ0n) is 10.4. The summed E-state index contributed by atoms with van der Waals surface area (Å²) in [6.45, 7) is 7.70. The third kappa shape index (κ3) is 3.85. The SMILES string of the molecule is C=CCC(N)C(=O)N1CCCN(C(C)=O)CC1. The fourth-order valence-corrected chi connectivity index (χ4v) is 1.97. The van der Waals surface area contributed by atoms with E-state index in [9.17, 15) is 9.59 Å². The van der Waals surface area contributed by atoms with Crippen LogP contribution in [0.2, 0.25) is 0 Å². The second kappa shape index (κ2) is 6.39. The maximum absolute atomic E-state index is 12.0. The van der Waals surface area contributed by atoms with Gasteiger partial charge < -0.3 is 15.5 Å². The molecule has 5 nitrogen and oxygen atoms in total. The summed E-state index contributed by atoms with van der Waals surface area (Å²) < 4.78 is 0. The topological polar surface area (TPSA) is 66.6 Å². The Morgan fingerprint density at radius 3 is 2.47 bits per heavy atom. The molecule has 0 aromatic carbocycles. The zero-order valence-corrected chi connectivity index (χ0v) is 10.4. The molecule has 0 spiro atoms. The van der Waals surface area contributed by atoms with Gasteiger partial charge in [0.15, 0.2) is 0 Å². The van der Waals surface area contributed by atoms with Gasteiger partial charge in [0.25, 0.3) is 0 Å². The summed E-state index contributed by atoms with van der Waals surface area (Å²) in [5, 5.41) is 0. The lowest BCUT2D eigenvalue weighted by Crippen LogP contribution is -2.45. The molecule has 0 radical (unpaired) electrons. The largest absolute Gasteiger partial charge is 0.341 e. The number of nitrogens with zero attached hydrogens (tertiary/aromatic N) is 2. The Hall–Kier alpha value is -1.36. The molecule has 96 valence electrons. The van der Waals surface area contributed by atoms with Crippen molar-refractivity contribution in [2.45, 2.75) is 25.8 Å². The van der Waals surface area contributed by atoms with E-state index in [0.29, 0.717) is 26.1 Å². The molecule has 17 heavy (non-hydrogen) atoms. The lowest BCUT2D eigenvalue weighted by atomic mass is 10.2. The predicted octanol–water partition coefficient (Wildman–Crippen LogP) is -0.0294. The van der Waals surface area contributed by atoms with Crippen LogP contribution >= 0.6 is 0 Å². The molecule has 0 aromatic rings. The van der Waals surface area contributed by atoms with Crippen molar-refractivity contribution < 1.29 is 9.59 Å². The van der Waals surface area contributed by atoms with Gasteiger partial charge in [-0.05, 0) is 12.8 Å². The molecule has 2 N–H and O–H groups in total. The molecule has 0 aliphatic carbocycles. The summed E-state index contributed by atoms with van der Waals surface area (Å²) >= 11 is 0. The first-order valence-corrected chi connectivity index (χ1v) is 5.97. The van der Waals surface area contributed by atoms with Crippen molar-refractivity contribution in [1.82, 2.24) is 9.80 Å². The van der Waals surface area contributed by atoms with Crippen molar-refractivity contribution in [2.24, 2.45) is 5.73 Å². The summed E-state index contributed by atoms with van der Waals surface area (Å²) in [5.41, 5.74) is 5.76. The van der Waals surface area contributed by atoms with E-state index < -0.39 is 6.04 Å². The standard InChI is InChI=1S/C12H21N3O2/c1-3-5-11(13)12(17)15-7-4-6-14(8-9-15)10(2)16/h3,11H,1,4-9,13H2,2H3. The van der Waals surface area contributed by atoms with Crippen LogP contribution in [0.4, 0.5) is 0 Å². The van der Waals surface area contributed by atoms with Crippen LogP contribution in [0.25, 0.3) is 0 Å². The lowest BCUT2D eigenvalue weighted by molar-refractivity contribution is -0.133. The van der Waals surface area contributed by atoms with E-state index in [4.69, 9.17) is 5.73 Å². The molecule has 1 saturated heterocycles. The van der Waals surface area contributed by atoms with Crippen LogP contribution in [0.3, 0.4) is 0 Å². The second-order valence-electron chi connectivity index (χ2n) is 4.32. The fourth-order valence-electron chi connectivity index (χ4n) is 1.97. The molecule has 1 atom stereocenters. The number of carbonyl (C=O) groups excluding carboxylic acids is 2. The van der Waals surface area contributed by atoms with Crippen molar-refractivity contribution in [3.8, 4) is 0 Å². The van der Waals surface area contributed by atoms with Crippen molar-refractivity contribution in [2.75, 3.05) is 26.2 Å². The third-order valence-corrected chi connectivity index (χ3v) is 2.99. The van der Waals surface area contributed by atoms with Crippen molar-refractivity contribution >= 4 is 11.8 Å². The Balaban J connectivity index is 2.53. The molecule has 0 saturated carbocycles. The second-order valence-corrected chi connectivity index (χ2v) is 4.32. The van der Waals surface area contributed by atoms with Crippen molar-refractivity contribution in [3.63, 3.8) is 0 Å². The number of carbonyl (C=O) groups is 2. The fraction of sp³-hybridized carbons (Fsp3) is 0.667. The quantitative estimate of drug-likeness (QED) is 0.703. The molecular weight excluding hydrogens is 218 g/mol. The van der Waals surface area contributed by atoms with Gasteiger partial charge in [0.1, 0.15) is 0 Å². The first-order chi connectivity index (χ1) is 8.06. The molecule has 1 heterocycles. The van der Waals surface area contributed by atoms with E-state index in [-0.39, 0.29) is 11.8 Å². The molecule has 0 aromatic heterocycles. The van der Waals surface area contributed by atoms with Gasteiger partial charge >= 0.3 is 0 Å². The van der Waals surface area contributed by atoms with Gasteiger partial charge in [-0.2, -0.15) is 0 Å². The van der Waals surface area contributed by atoms with Crippen LogP contribution < -0.4 is 5.73 Å². The summed E-state index contributed by atoms with van der Waals surface area (Å²) in [4.78, 5) is 26.7. The number of amides is 2. The molecule has 2 amide bonds. The summed E-state index contributed by atoms with van der Waals surface area (Å²) in [7, 11) is 0. The molecule has 1 fully saturated rings. The van der Waals surface area contributed by atoms with Crippen LogP contribution in [0.5, 0.6) is 0 Å². The summed E-state index contributed by atoms with van der Waals surface area (Å²) in [6, 6.07) is -0.503. The van der Waals surface area contributed by atoms with Crippen LogP contribution in [0.15, 0.2) is 12.7 Å². The average Bonchev–Trinajstić information content (AvgIpc) is 2.53. The Labute approximate surface area is 102 Å². The van der Waals surface area contributed by atoms with Gasteiger partial charge in [-0.25, -0.2) is 0 Å². The van der Waals surface area contributed by atoms with Gasteiger partial charge in [0, 0.05) is 33.1 Å². The molecular formula is C12H21N3O2. The number of hydrogen-bond donors (Lipinski definition) is 1. The highest BCUT2D eigenvalue weighted by molar-refractivity contribution is 5.82. The Kier molecular flexibility index (Phi) is 5.15. The van der Waals surface area contributed by atoms with E-state index in [2.05, 4.69) is 6.58 Å². The van der Waals surface area contributed by atoms with Gasteiger partial charge in [0.05, 0.1) is 6.04 Å². The highest BCUT2D eigenvalue weighted by Gasteiger charge is 2.23. The normalized spacial score (nSPS) is 18.5. The first kappa shape index (κ1) is 13.7. The Morgan fingerprint density at radius 2 is 1.88 bits per heavy atom. The van der Waals surface area contributed by atoms with Crippen LogP contribution in [-0.4, -0.2) is 53.8 Å². The smallest absolute Gasteiger partial charge is 0.239 e. The minimum Gasteiger partial charge on any atom is -0.341 e. The van der Waals surface area contributed by atoms with Gasteiger partial charge in [-0.15, -0.1) is 6.58 Å². The van der Waals surface area contributed by atoms with E-state index in [1.165, 1.54) is 0 Å². The first-order valence-electron chi connectivity index (χ1n) is 5.97. The number of nitrogens with two attached hydrogens (primary N) is 1.